The minimum absolute atomic E-state index is 0.207. The van der Waals surface area contributed by atoms with Crippen LogP contribution in [0.2, 0.25) is 0 Å². The maximum absolute atomic E-state index is 4.69. The van der Waals surface area contributed by atoms with Crippen LogP contribution in [0.3, 0.4) is 0 Å². The lowest BCUT2D eigenvalue weighted by atomic mass is 10.1. The molecule has 3 rings (SSSR count). The molecule has 1 fully saturated rings. The highest BCUT2D eigenvalue weighted by Gasteiger charge is 2.34. The Hall–Kier alpha value is -0.960. The number of imidazole rings is 1. The molecule has 0 radical (unpaired) electrons. The molecule has 1 aliphatic heterocycles. The van der Waals surface area contributed by atoms with Crippen molar-refractivity contribution >= 4 is 22.8 Å². The molecule has 0 amide bonds. The Kier molecular flexibility index (Phi) is 2.02. The van der Waals surface area contributed by atoms with Gasteiger partial charge in [-0.3, -0.25) is 0 Å². The van der Waals surface area contributed by atoms with Gasteiger partial charge in [-0.05, 0) is 37.7 Å². The first-order valence-electron chi connectivity index (χ1n) is 5.37. The van der Waals surface area contributed by atoms with Crippen LogP contribution in [0, 0.1) is 0 Å². The zero-order valence-corrected chi connectivity index (χ0v) is 9.60. The highest BCUT2D eigenvalue weighted by Crippen LogP contribution is 2.45. The first kappa shape index (κ1) is 9.28. The third-order valence-corrected chi connectivity index (χ3v) is 4.64. The Morgan fingerprint density at radius 3 is 3.00 bits per heavy atom. The quantitative estimate of drug-likeness (QED) is 0.795. The Balaban J connectivity index is 2.11. The largest absolute Gasteiger partial charge is 0.341 e. The minimum atomic E-state index is 0.207. The van der Waals surface area contributed by atoms with Crippen LogP contribution in [0.25, 0.3) is 11.0 Å². The van der Waals surface area contributed by atoms with Crippen LogP contribution < -0.4 is 0 Å². The molecule has 1 unspecified atom stereocenters. The maximum atomic E-state index is 4.69. The molecule has 2 heterocycles. The molecule has 2 nitrogen and oxygen atoms in total. The van der Waals surface area contributed by atoms with Gasteiger partial charge in [0.1, 0.15) is 5.82 Å². The smallest absolute Gasteiger partial charge is 0.123 e. The summed E-state index contributed by atoms with van der Waals surface area (Å²) >= 11 is 2.02. The van der Waals surface area contributed by atoms with E-state index in [1.165, 1.54) is 18.6 Å². The van der Waals surface area contributed by atoms with Crippen LogP contribution in [0.5, 0.6) is 0 Å². The van der Waals surface area contributed by atoms with E-state index in [-0.39, 0.29) is 4.75 Å². The number of thioether (sulfide) groups is 1. The standard InChI is InChI=1S/C12H14N2S/c1-12(7-4-8-15-12)11-13-9-5-2-3-6-10(9)14-11/h2-3,5-6H,4,7-8H2,1H3,(H,13,14). The highest BCUT2D eigenvalue weighted by atomic mass is 32.2. The second kappa shape index (κ2) is 3.27. The van der Waals surface area contributed by atoms with Crippen LogP contribution in [0.15, 0.2) is 24.3 Å². The number of fused-ring (bicyclic) bond motifs is 1. The molecule has 1 aromatic carbocycles. The summed E-state index contributed by atoms with van der Waals surface area (Å²) in [4.78, 5) is 8.14. The fourth-order valence-corrected chi connectivity index (χ4v) is 3.43. The van der Waals surface area contributed by atoms with E-state index in [1.807, 2.05) is 17.8 Å². The Morgan fingerprint density at radius 1 is 1.40 bits per heavy atom. The van der Waals surface area contributed by atoms with E-state index in [2.05, 4.69) is 30.1 Å². The topological polar surface area (TPSA) is 28.7 Å². The summed E-state index contributed by atoms with van der Waals surface area (Å²) in [6.45, 7) is 2.29. The number of H-pyrrole nitrogens is 1. The van der Waals surface area contributed by atoms with Crippen molar-refractivity contribution in [1.29, 1.82) is 0 Å². The van der Waals surface area contributed by atoms with E-state index >= 15 is 0 Å². The van der Waals surface area contributed by atoms with E-state index in [0.717, 1.165) is 16.9 Å². The summed E-state index contributed by atoms with van der Waals surface area (Å²) in [6, 6.07) is 8.25. The van der Waals surface area contributed by atoms with Gasteiger partial charge >= 0.3 is 0 Å². The Morgan fingerprint density at radius 2 is 2.27 bits per heavy atom. The van der Waals surface area contributed by atoms with Crippen molar-refractivity contribution in [3.63, 3.8) is 0 Å². The van der Waals surface area contributed by atoms with Crippen LogP contribution >= 0.6 is 11.8 Å². The third-order valence-electron chi connectivity index (χ3n) is 3.11. The van der Waals surface area contributed by atoms with Crippen molar-refractivity contribution in [2.24, 2.45) is 0 Å². The van der Waals surface area contributed by atoms with Crippen LogP contribution in [0.1, 0.15) is 25.6 Å². The fraction of sp³-hybridized carbons (Fsp3) is 0.417. The van der Waals surface area contributed by atoms with Gasteiger partial charge in [0.15, 0.2) is 0 Å². The van der Waals surface area contributed by atoms with Gasteiger partial charge in [0, 0.05) is 0 Å². The first-order chi connectivity index (χ1) is 7.28. The molecule has 1 aliphatic rings. The minimum Gasteiger partial charge on any atom is -0.341 e. The second-order valence-electron chi connectivity index (χ2n) is 4.29. The lowest BCUT2D eigenvalue weighted by molar-refractivity contribution is 0.614. The van der Waals surface area contributed by atoms with Crippen LogP contribution in [0.4, 0.5) is 0 Å². The molecule has 0 bridgehead atoms. The zero-order valence-electron chi connectivity index (χ0n) is 8.79. The fourth-order valence-electron chi connectivity index (χ4n) is 2.17. The summed E-state index contributed by atoms with van der Waals surface area (Å²) in [6.07, 6.45) is 2.54. The number of aromatic nitrogens is 2. The lowest BCUT2D eigenvalue weighted by Gasteiger charge is -2.18. The van der Waals surface area contributed by atoms with Crippen molar-refractivity contribution in [2.45, 2.75) is 24.5 Å². The molecular weight excluding hydrogens is 204 g/mol. The number of nitrogens with zero attached hydrogens (tertiary/aromatic N) is 1. The molecule has 1 N–H and O–H groups in total. The Labute approximate surface area is 93.5 Å². The summed E-state index contributed by atoms with van der Waals surface area (Å²) in [5.41, 5.74) is 2.24. The van der Waals surface area contributed by atoms with E-state index in [4.69, 9.17) is 4.98 Å². The molecular formula is C12H14N2S. The molecule has 15 heavy (non-hydrogen) atoms. The van der Waals surface area contributed by atoms with Crippen molar-refractivity contribution in [3.05, 3.63) is 30.1 Å². The van der Waals surface area contributed by atoms with Crippen molar-refractivity contribution in [2.75, 3.05) is 5.75 Å². The molecule has 78 valence electrons. The summed E-state index contributed by atoms with van der Waals surface area (Å²) < 4.78 is 0.207. The lowest BCUT2D eigenvalue weighted by Crippen LogP contribution is -2.14. The van der Waals surface area contributed by atoms with Gasteiger partial charge in [-0.25, -0.2) is 4.98 Å². The van der Waals surface area contributed by atoms with Crippen LogP contribution in [-0.2, 0) is 4.75 Å². The molecule has 3 heteroatoms. The molecule has 1 aromatic heterocycles. The van der Waals surface area contributed by atoms with Gasteiger partial charge in [-0.15, -0.1) is 11.8 Å². The maximum Gasteiger partial charge on any atom is 0.123 e. The van der Waals surface area contributed by atoms with Crippen LogP contribution in [-0.4, -0.2) is 15.7 Å². The monoisotopic (exact) mass is 218 g/mol. The van der Waals surface area contributed by atoms with Gasteiger partial charge in [0.05, 0.1) is 15.8 Å². The van der Waals surface area contributed by atoms with Gasteiger partial charge < -0.3 is 4.98 Å². The van der Waals surface area contributed by atoms with E-state index in [1.54, 1.807) is 0 Å². The normalized spacial score (nSPS) is 26.2. The van der Waals surface area contributed by atoms with E-state index < -0.39 is 0 Å². The number of para-hydroxylation sites is 2. The van der Waals surface area contributed by atoms with E-state index in [0.29, 0.717) is 0 Å². The van der Waals surface area contributed by atoms with Gasteiger partial charge in [-0.2, -0.15) is 0 Å². The molecule has 0 aliphatic carbocycles. The highest BCUT2D eigenvalue weighted by molar-refractivity contribution is 8.00. The molecule has 1 saturated heterocycles. The number of rotatable bonds is 1. The van der Waals surface area contributed by atoms with Crippen molar-refractivity contribution in [1.82, 2.24) is 9.97 Å². The average Bonchev–Trinajstić information content (AvgIpc) is 2.84. The number of benzene rings is 1. The number of nitrogens with one attached hydrogen (secondary N) is 1. The first-order valence-corrected chi connectivity index (χ1v) is 6.36. The summed E-state index contributed by atoms with van der Waals surface area (Å²) in [5, 5.41) is 0. The van der Waals surface area contributed by atoms with E-state index in [9.17, 15) is 0 Å². The average molecular weight is 218 g/mol. The second-order valence-corrected chi connectivity index (χ2v) is 5.88. The number of aromatic amines is 1. The zero-order chi connectivity index (χ0) is 10.3. The van der Waals surface area contributed by atoms with Gasteiger partial charge in [-0.1, -0.05) is 12.1 Å². The van der Waals surface area contributed by atoms with Crippen molar-refractivity contribution in [3.8, 4) is 0 Å². The third kappa shape index (κ3) is 1.46. The van der Waals surface area contributed by atoms with Crippen molar-refractivity contribution < 1.29 is 0 Å². The van der Waals surface area contributed by atoms with Gasteiger partial charge in [0.25, 0.3) is 0 Å². The summed E-state index contributed by atoms with van der Waals surface area (Å²) in [5.74, 6) is 2.40. The molecule has 0 saturated carbocycles. The van der Waals surface area contributed by atoms with Gasteiger partial charge in [0.2, 0.25) is 0 Å². The number of hydrogen-bond acceptors (Lipinski definition) is 2. The molecule has 0 spiro atoms. The number of hydrogen-bond donors (Lipinski definition) is 1. The predicted octanol–water partition coefficient (Wildman–Crippen LogP) is 3.31. The molecule has 1 atom stereocenters. The SMILES string of the molecule is CC1(c2nc3ccccc3[nH]2)CCCS1. The predicted molar refractivity (Wildman–Crippen MR) is 65.1 cm³/mol. The molecule has 2 aromatic rings. The summed E-state index contributed by atoms with van der Waals surface area (Å²) in [7, 11) is 0. The Bertz CT molecular complexity index is 450.